The molecule has 0 aromatic heterocycles. The molecule has 0 radical (unpaired) electrons. The minimum Gasteiger partial charge on any atom is -0.323 e. The molecular weight excluding hydrogens is 287 g/mol. The maximum absolute atomic E-state index is 13.5. The van der Waals surface area contributed by atoms with E-state index in [1.807, 2.05) is 6.92 Å². The van der Waals surface area contributed by atoms with E-state index in [0.29, 0.717) is 10.4 Å². The predicted octanol–water partition coefficient (Wildman–Crippen LogP) is 2.38. The van der Waals surface area contributed by atoms with Crippen molar-refractivity contribution in [3.8, 4) is 0 Å². The van der Waals surface area contributed by atoms with Crippen molar-refractivity contribution in [2.75, 3.05) is 18.4 Å². The Morgan fingerprint density at radius 1 is 1.59 bits per heavy atom. The number of hydrogen-bond acceptors (Lipinski definition) is 2. The van der Waals surface area contributed by atoms with Crippen LogP contribution in [-0.2, 0) is 4.79 Å². The van der Waals surface area contributed by atoms with Gasteiger partial charge in [0.25, 0.3) is 0 Å². The molecule has 1 amide bonds. The molecule has 5 heteroatoms. The topological polar surface area (TPSA) is 41.1 Å². The van der Waals surface area contributed by atoms with Crippen LogP contribution in [0.25, 0.3) is 0 Å². The Labute approximate surface area is 108 Å². The van der Waals surface area contributed by atoms with Crippen LogP contribution in [0.15, 0.2) is 22.7 Å². The summed E-state index contributed by atoms with van der Waals surface area (Å²) < 4.78 is 14.2. The number of benzene rings is 1. The smallest absolute Gasteiger partial charge is 0.227 e. The van der Waals surface area contributed by atoms with Crippen LogP contribution in [0, 0.1) is 17.7 Å². The van der Waals surface area contributed by atoms with Gasteiger partial charge in [-0.25, -0.2) is 4.39 Å². The Hall–Kier alpha value is -0.940. The number of halogens is 2. The number of amides is 1. The lowest BCUT2D eigenvalue weighted by Crippen LogP contribution is -2.48. The zero-order valence-electron chi connectivity index (χ0n) is 9.47. The van der Waals surface area contributed by atoms with Gasteiger partial charge < -0.3 is 10.6 Å². The molecule has 0 spiro atoms. The first-order valence-electron chi connectivity index (χ1n) is 5.54. The highest BCUT2D eigenvalue weighted by molar-refractivity contribution is 9.10. The number of nitrogens with one attached hydrogen (secondary N) is 2. The molecule has 1 fully saturated rings. The van der Waals surface area contributed by atoms with Crippen LogP contribution in [0.1, 0.15) is 6.92 Å². The predicted molar refractivity (Wildman–Crippen MR) is 68.3 cm³/mol. The Bertz CT molecular complexity index is 435. The van der Waals surface area contributed by atoms with Gasteiger partial charge in [0.15, 0.2) is 0 Å². The van der Waals surface area contributed by atoms with Crippen LogP contribution in [0.5, 0.6) is 0 Å². The first kappa shape index (κ1) is 12.5. The van der Waals surface area contributed by atoms with Crippen molar-refractivity contribution in [1.29, 1.82) is 0 Å². The van der Waals surface area contributed by atoms with Crippen molar-refractivity contribution in [3.63, 3.8) is 0 Å². The molecule has 0 saturated carbocycles. The molecule has 0 bridgehead atoms. The van der Waals surface area contributed by atoms with Gasteiger partial charge in [-0.1, -0.05) is 22.9 Å². The molecule has 1 heterocycles. The minimum absolute atomic E-state index is 0.0979. The van der Waals surface area contributed by atoms with Crippen LogP contribution >= 0.6 is 15.9 Å². The van der Waals surface area contributed by atoms with Gasteiger partial charge in [0.2, 0.25) is 5.91 Å². The van der Waals surface area contributed by atoms with E-state index in [-0.39, 0.29) is 17.5 Å². The number of hydrogen-bond donors (Lipinski definition) is 2. The average Bonchev–Trinajstić information content (AvgIpc) is 2.19. The Kier molecular flexibility index (Phi) is 3.79. The summed E-state index contributed by atoms with van der Waals surface area (Å²) in [6.07, 6.45) is 0. The molecular formula is C12H14BrFN2O. The second-order valence-corrected chi connectivity index (χ2v) is 5.24. The molecule has 1 saturated heterocycles. The van der Waals surface area contributed by atoms with Crippen LogP contribution in [0.4, 0.5) is 10.1 Å². The van der Waals surface area contributed by atoms with E-state index < -0.39 is 5.82 Å². The second kappa shape index (κ2) is 5.14. The van der Waals surface area contributed by atoms with E-state index in [2.05, 4.69) is 26.6 Å². The highest BCUT2D eigenvalue weighted by Gasteiger charge is 2.28. The van der Waals surface area contributed by atoms with Gasteiger partial charge in [0.05, 0.1) is 5.69 Å². The van der Waals surface area contributed by atoms with Crippen molar-refractivity contribution in [3.05, 3.63) is 28.5 Å². The molecule has 2 N–H and O–H groups in total. The molecule has 92 valence electrons. The van der Waals surface area contributed by atoms with Crippen molar-refractivity contribution in [2.45, 2.75) is 6.92 Å². The van der Waals surface area contributed by atoms with Gasteiger partial charge in [-0.2, -0.15) is 0 Å². The normalized spacial score (nSPS) is 17.4. The Morgan fingerprint density at radius 3 is 2.82 bits per heavy atom. The quantitative estimate of drug-likeness (QED) is 0.900. The largest absolute Gasteiger partial charge is 0.323 e. The van der Waals surface area contributed by atoms with E-state index in [1.165, 1.54) is 6.07 Å². The number of anilines is 1. The molecule has 2 rings (SSSR count). The summed E-state index contributed by atoms with van der Waals surface area (Å²) in [6.45, 7) is 3.59. The summed E-state index contributed by atoms with van der Waals surface area (Å²) in [5, 5.41) is 5.74. The van der Waals surface area contributed by atoms with E-state index in [1.54, 1.807) is 12.1 Å². The van der Waals surface area contributed by atoms with Gasteiger partial charge in [-0.3, -0.25) is 4.79 Å². The molecule has 1 aliphatic rings. The third-order valence-electron chi connectivity index (χ3n) is 3.12. The maximum Gasteiger partial charge on any atom is 0.227 e. The minimum atomic E-state index is -0.424. The van der Waals surface area contributed by atoms with E-state index in [4.69, 9.17) is 0 Å². The fourth-order valence-electron chi connectivity index (χ4n) is 1.72. The molecule has 1 aliphatic heterocycles. The van der Waals surface area contributed by atoms with Gasteiger partial charge in [-0.05, 0) is 37.2 Å². The maximum atomic E-state index is 13.5. The summed E-state index contributed by atoms with van der Waals surface area (Å²) in [5.41, 5.74) is 0.234. The van der Waals surface area contributed by atoms with Gasteiger partial charge in [-0.15, -0.1) is 0 Å². The van der Waals surface area contributed by atoms with Crippen LogP contribution in [0.3, 0.4) is 0 Å². The fraction of sp³-hybridized carbons (Fsp3) is 0.417. The molecule has 1 unspecified atom stereocenters. The van der Waals surface area contributed by atoms with Crippen molar-refractivity contribution >= 4 is 27.5 Å². The van der Waals surface area contributed by atoms with Crippen LogP contribution in [0.2, 0.25) is 0 Å². The van der Waals surface area contributed by atoms with E-state index in [9.17, 15) is 9.18 Å². The van der Waals surface area contributed by atoms with Crippen molar-refractivity contribution < 1.29 is 9.18 Å². The summed E-state index contributed by atoms with van der Waals surface area (Å²) in [6, 6.07) is 4.60. The standard InChI is InChI=1S/C12H14BrFN2O/c1-7(8-5-15-6-8)12(17)16-11-3-2-9(13)4-10(11)14/h2-4,7-8,15H,5-6H2,1H3,(H,16,17). The second-order valence-electron chi connectivity index (χ2n) is 4.32. The molecule has 1 aromatic carbocycles. The average molecular weight is 301 g/mol. The van der Waals surface area contributed by atoms with Crippen molar-refractivity contribution in [2.24, 2.45) is 11.8 Å². The third-order valence-corrected chi connectivity index (χ3v) is 3.62. The van der Waals surface area contributed by atoms with Crippen LogP contribution < -0.4 is 10.6 Å². The van der Waals surface area contributed by atoms with Crippen molar-refractivity contribution in [1.82, 2.24) is 5.32 Å². The van der Waals surface area contributed by atoms with Gasteiger partial charge >= 0.3 is 0 Å². The summed E-state index contributed by atoms with van der Waals surface area (Å²) in [7, 11) is 0. The molecule has 17 heavy (non-hydrogen) atoms. The summed E-state index contributed by atoms with van der Waals surface area (Å²) >= 11 is 3.17. The monoisotopic (exact) mass is 300 g/mol. The zero-order chi connectivity index (χ0) is 12.4. The highest BCUT2D eigenvalue weighted by Crippen LogP contribution is 2.22. The van der Waals surface area contributed by atoms with Gasteiger partial charge in [0, 0.05) is 10.4 Å². The van der Waals surface area contributed by atoms with Crippen LogP contribution in [-0.4, -0.2) is 19.0 Å². The summed E-state index contributed by atoms with van der Waals surface area (Å²) in [5.74, 6) is -0.294. The Morgan fingerprint density at radius 2 is 2.29 bits per heavy atom. The third kappa shape index (κ3) is 2.84. The fourth-order valence-corrected chi connectivity index (χ4v) is 2.05. The molecule has 1 atom stereocenters. The highest BCUT2D eigenvalue weighted by atomic mass is 79.9. The Balaban J connectivity index is 2.02. The molecule has 0 aliphatic carbocycles. The number of rotatable bonds is 3. The number of carbonyl (C=O) groups excluding carboxylic acids is 1. The zero-order valence-corrected chi connectivity index (χ0v) is 11.1. The molecule has 1 aromatic rings. The summed E-state index contributed by atoms with van der Waals surface area (Å²) in [4.78, 5) is 11.9. The lowest BCUT2D eigenvalue weighted by Gasteiger charge is -2.31. The first-order chi connectivity index (χ1) is 8.08. The van der Waals surface area contributed by atoms with Gasteiger partial charge in [0.1, 0.15) is 5.82 Å². The SMILES string of the molecule is CC(C(=O)Nc1ccc(Br)cc1F)C1CNC1. The number of carbonyl (C=O) groups is 1. The lowest BCUT2D eigenvalue weighted by atomic mass is 9.88. The lowest BCUT2D eigenvalue weighted by molar-refractivity contribution is -0.121. The first-order valence-corrected chi connectivity index (χ1v) is 6.34. The van der Waals surface area contributed by atoms with E-state index in [0.717, 1.165) is 13.1 Å². The van der Waals surface area contributed by atoms with E-state index >= 15 is 0 Å². The molecule has 3 nitrogen and oxygen atoms in total.